The molecule has 180 valence electrons. The molecule has 2 saturated heterocycles. The molecule has 2 fully saturated rings. The molecule has 0 bridgehead atoms. The molecule has 0 spiro atoms. The molecule has 9 heteroatoms. The van der Waals surface area contributed by atoms with E-state index in [-0.39, 0.29) is 12.4 Å². The fourth-order valence-electron chi connectivity index (χ4n) is 4.06. The molecule has 33 heavy (non-hydrogen) atoms. The van der Waals surface area contributed by atoms with Crippen LogP contribution in [0.4, 0.5) is 0 Å². The number of halogens is 1. The van der Waals surface area contributed by atoms with Gasteiger partial charge < -0.3 is 24.2 Å². The van der Waals surface area contributed by atoms with Crippen LogP contribution < -0.4 is 0 Å². The maximum Gasteiger partial charge on any atom is 0.330 e. The van der Waals surface area contributed by atoms with E-state index in [4.69, 9.17) is 14.2 Å². The Kier molecular flexibility index (Phi) is 7.99. The minimum Gasteiger partial charge on any atom is -0.467 e. The van der Waals surface area contributed by atoms with Crippen LogP contribution in [-0.4, -0.2) is 68.0 Å². The summed E-state index contributed by atoms with van der Waals surface area (Å²) < 4.78 is 14.7. The summed E-state index contributed by atoms with van der Waals surface area (Å²) in [5, 5.41) is 10.9. The van der Waals surface area contributed by atoms with Crippen LogP contribution >= 0.6 is 27.7 Å². The summed E-state index contributed by atoms with van der Waals surface area (Å²) in [6.07, 6.45) is 1.23. The van der Waals surface area contributed by atoms with E-state index >= 15 is 0 Å². The first-order chi connectivity index (χ1) is 15.6. The van der Waals surface area contributed by atoms with Crippen LogP contribution in [0.1, 0.15) is 33.3 Å². The number of aliphatic hydroxyl groups excluding tert-OH is 1. The van der Waals surface area contributed by atoms with Gasteiger partial charge in [0.1, 0.15) is 29.9 Å². The lowest BCUT2D eigenvalue weighted by molar-refractivity contribution is -0.168. The van der Waals surface area contributed by atoms with Crippen LogP contribution in [0.15, 0.2) is 48.7 Å². The van der Waals surface area contributed by atoms with Crippen molar-refractivity contribution in [2.24, 2.45) is 0 Å². The molecule has 1 amide bonds. The van der Waals surface area contributed by atoms with Gasteiger partial charge in [-0.2, -0.15) is 0 Å². The van der Waals surface area contributed by atoms with Gasteiger partial charge in [0.05, 0.1) is 0 Å². The molecule has 2 aliphatic rings. The average molecular weight is 540 g/mol. The van der Waals surface area contributed by atoms with Crippen molar-refractivity contribution in [3.8, 4) is 0 Å². The zero-order chi connectivity index (χ0) is 24.4. The lowest BCUT2D eigenvalue weighted by Crippen LogP contribution is -2.75. The number of hydrogen-bond donors (Lipinski definition) is 1. The summed E-state index contributed by atoms with van der Waals surface area (Å²) in [6.45, 7) is 11.4. The third-order valence-electron chi connectivity index (χ3n) is 5.57. The maximum absolute atomic E-state index is 13.4. The van der Waals surface area contributed by atoms with Gasteiger partial charge in [-0.1, -0.05) is 58.9 Å². The standard InChI is InChI=1S/C24H30BrNO6S/c1-6-13-31-20(28)18-23(4,5)33-22-24(25,21(29)26(18)22)19(27)17(32-15(3)30-7-2)14-16-11-9-8-10-12-16/h6,8-12,14-15,18-19,22,27H,1,7,13H2,2-5H3/t15?,18-,19+,22+,24?/m0/s1. The Morgan fingerprint density at radius 2 is 2.03 bits per heavy atom. The second-order valence-corrected chi connectivity index (χ2v) is 11.4. The zero-order valence-corrected chi connectivity index (χ0v) is 21.6. The first-order valence-electron chi connectivity index (χ1n) is 10.8. The Morgan fingerprint density at radius 3 is 2.64 bits per heavy atom. The number of nitrogens with zero attached hydrogens (tertiary/aromatic N) is 1. The first-order valence-corrected chi connectivity index (χ1v) is 12.4. The molecule has 0 aromatic heterocycles. The SMILES string of the molecule is C=CCOC(=O)[C@@H]1N2C(=O)C(Br)([C@H](O)C(=Cc3ccccc3)OC(C)OCC)[C@H]2SC1(C)C. The average Bonchev–Trinajstić information content (AvgIpc) is 3.05. The molecule has 0 radical (unpaired) electrons. The van der Waals surface area contributed by atoms with Gasteiger partial charge in [-0.3, -0.25) is 4.79 Å². The van der Waals surface area contributed by atoms with E-state index in [2.05, 4.69) is 22.5 Å². The van der Waals surface area contributed by atoms with Crippen molar-refractivity contribution in [2.75, 3.05) is 13.2 Å². The minimum absolute atomic E-state index is 0.0674. The molecular weight excluding hydrogens is 510 g/mol. The summed E-state index contributed by atoms with van der Waals surface area (Å²) in [5.74, 6) is -0.693. The van der Waals surface area contributed by atoms with Gasteiger partial charge >= 0.3 is 5.97 Å². The van der Waals surface area contributed by atoms with Gasteiger partial charge in [-0.05, 0) is 39.3 Å². The Bertz CT molecular complexity index is 923. The normalized spacial score (nSPS) is 27.9. The second kappa shape index (κ2) is 10.2. The summed E-state index contributed by atoms with van der Waals surface area (Å²) in [4.78, 5) is 27.6. The van der Waals surface area contributed by atoms with Gasteiger partial charge in [0, 0.05) is 11.4 Å². The van der Waals surface area contributed by atoms with Crippen LogP contribution in [0.2, 0.25) is 0 Å². The van der Waals surface area contributed by atoms with Crippen LogP contribution in [0.5, 0.6) is 0 Å². The Hall–Kier alpha value is -1.81. The van der Waals surface area contributed by atoms with Gasteiger partial charge in [0.25, 0.3) is 0 Å². The van der Waals surface area contributed by atoms with Crippen molar-refractivity contribution in [2.45, 2.75) is 60.6 Å². The fourth-order valence-corrected chi connectivity index (χ4v) is 6.63. The number of alkyl halides is 1. The third kappa shape index (κ3) is 4.87. The summed E-state index contributed by atoms with van der Waals surface area (Å²) >= 11 is 4.97. The van der Waals surface area contributed by atoms with E-state index in [1.54, 1.807) is 13.0 Å². The number of benzene rings is 1. The van der Waals surface area contributed by atoms with Gasteiger partial charge in [-0.25, -0.2) is 4.79 Å². The molecule has 0 saturated carbocycles. The number of aliphatic hydroxyl groups is 1. The van der Waals surface area contributed by atoms with E-state index in [0.29, 0.717) is 6.61 Å². The van der Waals surface area contributed by atoms with E-state index in [9.17, 15) is 14.7 Å². The zero-order valence-electron chi connectivity index (χ0n) is 19.2. The van der Waals surface area contributed by atoms with E-state index in [1.807, 2.05) is 51.1 Å². The van der Waals surface area contributed by atoms with Gasteiger partial charge in [0.15, 0.2) is 10.6 Å². The highest BCUT2D eigenvalue weighted by Gasteiger charge is 2.73. The molecule has 5 atom stereocenters. The highest BCUT2D eigenvalue weighted by atomic mass is 79.9. The van der Waals surface area contributed by atoms with Crippen molar-refractivity contribution in [3.05, 3.63) is 54.3 Å². The predicted molar refractivity (Wildman–Crippen MR) is 132 cm³/mol. The highest BCUT2D eigenvalue weighted by molar-refractivity contribution is 9.10. The summed E-state index contributed by atoms with van der Waals surface area (Å²) in [6, 6.07) is 8.60. The lowest BCUT2D eigenvalue weighted by Gasteiger charge is -2.52. The van der Waals surface area contributed by atoms with Crippen molar-refractivity contribution < 1.29 is 28.9 Å². The minimum atomic E-state index is -1.37. The molecule has 1 aromatic rings. The van der Waals surface area contributed by atoms with Crippen LogP contribution in [-0.2, 0) is 23.8 Å². The van der Waals surface area contributed by atoms with Gasteiger partial charge in [-0.15, -0.1) is 11.8 Å². The topological polar surface area (TPSA) is 85.3 Å². The second-order valence-electron chi connectivity index (χ2n) is 8.38. The number of thioether (sulfide) groups is 1. The molecule has 3 rings (SSSR count). The Labute approximate surface area is 207 Å². The van der Waals surface area contributed by atoms with Crippen molar-refractivity contribution in [3.63, 3.8) is 0 Å². The maximum atomic E-state index is 13.4. The quantitative estimate of drug-likeness (QED) is 0.121. The number of β-lactam (4-membered cyclic amide) rings is 1. The number of esters is 1. The highest BCUT2D eigenvalue weighted by Crippen LogP contribution is 2.60. The van der Waals surface area contributed by atoms with E-state index in [0.717, 1.165) is 5.56 Å². The number of carbonyl (C=O) groups is 2. The first kappa shape index (κ1) is 25.8. The summed E-state index contributed by atoms with van der Waals surface area (Å²) in [7, 11) is 0. The molecule has 2 heterocycles. The number of carbonyl (C=O) groups excluding carboxylic acids is 2. The van der Waals surface area contributed by atoms with Gasteiger partial charge in [0.2, 0.25) is 5.91 Å². The molecule has 2 unspecified atom stereocenters. The van der Waals surface area contributed by atoms with Crippen LogP contribution in [0.3, 0.4) is 0 Å². The van der Waals surface area contributed by atoms with Crippen molar-refractivity contribution in [1.82, 2.24) is 4.90 Å². The number of fused-ring (bicyclic) bond motifs is 1. The Balaban J connectivity index is 1.91. The van der Waals surface area contributed by atoms with Crippen molar-refractivity contribution in [1.29, 1.82) is 0 Å². The number of rotatable bonds is 10. The largest absolute Gasteiger partial charge is 0.467 e. The Morgan fingerprint density at radius 1 is 1.36 bits per heavy atom. The number of hydrogen-bond acceptors (Lipinski definition) is 7. The molecule has 1 aromatic carbocycles. The molecule has 2 aliphatic heterocycles. The molecular formula is C24H30BrNO6S. The molecule has 0 aliphatic carbocycles. The number of ether oxygens (including phenoxy) is 3. The van der Waals surface area contributed by atoms with Crippen LogP contribution in [0.25, 0.3) is 6.08 Å². The van der Waals surface area contributed by atoms with E-state index in [1.165, 1.54) is 22.7 Å². The smallest absolute Gasteiger partial charge is 0.330 e. The molecule has 7 nitrogen and oxygen atoms in total. The summed E-state index contributed by atoms with van der Waals surface area (Å²) in [5.41, 5.74) is 0.806. The number of amides is 1. The molecule has 1 N–H and O–H groups in total. The lowest BCUT2D eigenvalue weighted by atomic mass is 9.86. The van der Waals surface area contributed by atoms with E-state index < -0.39 is 44.8 Å². The predicted octanol–water partition coefficient (Wildman–Crippen LogP) is 3.71. The third-order valence-corrected chi connectivity index (χ3v) is 8.73. The monoisotopic (exact) mass is 539 g/mol. The fraction of sp³-hybridized carbons (Fsp3) is 0.500. The van der Waals surface area contributed by atoms with Crippen molar-refractivity contribution >= 4 is 45.6 Å². The van der Waals surface area contributed by atoms with Crippen LogP contribution in [0, 0.1) is 0 Å².